The minimum atomic E-state index is -0.310. The highest BCUT2D eigenvalue weighted by Crippen LogP contribution is 2.38. The number of amides is 2. The second kappa shape index (κ2) is 5.95. The lowest BCUT2D eigenvalue weighted by molar-refractivity contribution is 0.0924. The monoisotopic (exact) mass is 351 g/mol. The van der Waals surface area contributed by atoms with Crippen molar-refractivity contribution >= 4 is 17.5 Å². The fourth-order valence-corrected chi connectivity index (χ4v) is 3.24. The van der Waals surface area contributed by atoms with E-state index in [1.165, 1.54) is 4.90 Å². The van der Waals surface area contributed by atoms with Gasteiger partial charge in [0.05, 0.1) is 23.4 Å². The summed E-state index contributed by atoms with van der Waals surface area (Å²) in [6, 6.07) is 12.6. The number of hydrogen-bond donors (Lipinski definition) is 0. The maximum atomic E-state index is 13.2. The molecule has 5 nitrogen and oxygen atoms in total. The molecule has 5 heteroatoms. The van der Waals surface area contributed by atoms with Gasteiger partial charge in [-0.05, 0) is 29.2 Å². The Bertz CT molecular complexity index is 893. The number of imide groups is 1. The van der Waals surface area contributed by atoms with Gasteiger partial charge in [-0.15, -0.1) is 0 Å². The van der Waals surface area contributed by atoms with Gasteiger partial charge in [-0.25, -0.2) is 4.90 Å². The number of epoxide rings is 1. The Kier molecular flexibility index (Phi) is 3.84. The zero-order chi connectivity index (χ0) is 18.5. The summed E-state index contributed by atoms with van der Waals surface area (Å²) in [5.74, 6) is -0.0983. The minimum Gasteiger partial charge on any atom is -0.489 e. The first-order valence-electron chi connectivity index (χ1n) is 8.73. The van der Waals surface area contributed by atoms with Gasteiger partial charge in [0.15, 0.2) is 0 Å². The average molecular weight is 351 g/mol. The maximum absolute atomic E-state index is 13.2. The molecule has 2 aromatic carbocycles. The van der Waals surface area contributed by atoms with Gasteiger partial charge >= 0.3 is 0 Å². The van der Waals surface area contributed by atoms with Crippen molar-refractivity contribution in [2.24, 2.45) is 0 Å². The van der Waals surface area contributed by atoms with E-state index in [-0.39, 0.29) is 23.3 Å². The highest BCUT2D eigenvalue weighted by Gasteiger charge is 2.41. The highest BCUT2D eigenvalue weighted by atomic mass is 16.6. The van der Waals surface area contributed by atoms with Crippen LogP contribution in [0.1, 0.15) is 47.1 Å². The first kappa shape index (κ1) is 16.8. The van der Waals surface area contributed by atoms with Crippen LogP contribution in [0.4, 0.5) is 5.69 Å². The highest BCUT2D eigenvalue weighted by molar-refractivity contribution is 6.35. The van der Waals surface area contributed by atoms with Crippen molar-refractivity contribution in [3.8, 4) is 5.75 Å². The lowest BCUT2D eigenvalue weighted by Gasteiger charge is -2.22. The third-order valence-corrected chi connectivity index (χ3v) is 4.66. The summed E-state index contributed by atoms with van der Waals surface area (Å²) >= 11 is 0. The van der Waals surface area contributed by atoms with Gasteiger partial charge in [0.25, 0.3) is 11.8 Å². The van der Waals surface area contributed by atoms with Crippen LogP contribution in [0.25, 0.3) is 0 Å². The SMILES string of the molecule is CC(C)(C)c1cccc2c1C(=O)N(c1ccccc1OCC1CO1)C2=O. The predicted molar refractivity (Wildman–Crippen MR) is 98.0 cm³/mol. The summed E-state index contributed by atoms with van der Waals surface area (Å²) in [7, 11) is 0. The van der Waals surface area contributed by atoms with E-state index in [4.69, 9.17) is 9.47 Å². The van der Waals surface area contributed by atoms with Gasteiger partial charge in [-0.1, -0.05) is 45.0 Å². The van der Waals surface area contributed by atoms with Crippen molar-refractivity contribution < 1.29 is 19.1 Å². The molecule has 26 heavy (non-hydrogen) atoms. The van der Waals surface area contributed by atoms with E-state index in [1.807, 2.05) is 39.0 Å². The Morgan fingerprint density at radius 1 is 1.08 bits per heavy atom. The number of hydrogen-bond acceptors (Lipinski definition) is 4. The van der Waals surface area contributed by atoms with Crippen molar-refractivity contribution in [3.05, 3.63) is 59.2 Å². The molecule has 0 N–H and O–H groups in total. The molecule has 2 amide bonds. The molecular weight excluding hydrogens is 330 g/mol. The van der Waals surface area contributed by atoms with E-state index >= 15 is 0 Å². The molecule has 0 spiro atoms. The van der Waals surface area contributed by atoms with E-state index in [9.17, 15) is 9.59 Å². The Morgan fingerprint density at radius 3 is 2.50 bits per heavy atom. The van der Waals surface area contributed by atoms with E-state index in [0.717, 1.165) is 5.56 Å². The number of nitrogens with zero attached hydrogens (tertiary/aromatic N) is 1. The molecule has 0 radical (unpaired) electrons. The second-order valence-corrected chi connectivity index (χ2v) is 7.66. The first-order chi connectivity index (χ1) is 12.4. The summed E-state index contributed by atoms with van der Waals surface area (Å²) in [5.41, 5.74) is 2.05. The van der Waals surface area contributed by atoms with Gasteiger partial charge in [-0.3, -0.25) is 9.59 Å². The van der Waals surface area contributed by atoms with E-state index in [1.54, 1.807) is 24.3 Å². The summed E-state index contributed by atoms with van der Waals surface area (Å²) in [4.78, 5) is 27.4. The summed E-state index contributed by atoms with van der Waals surface area (Å²) in [6.07, 6.45) is 0.0951. The van der Waals surface area contributed by atoms with Crippen LogP contribution in [0, 0.1) is 0 Å². The molecule has 0 saturated carbocycles. The molecule has 1 unspecified atom stereocenters. The fourth-order valence-electron chi connectivity index (χ4n) is 3.24. The van der Waals surface area contributed by atoms with E-state index in [0.29, 0.717) is 35.8 Å². The Labute approximate surface area is 152 Å². The lowest BCUT2D eigenvalue weighted by Crippen LogP contribution is -2.30. The quantitative estimate of drug-likeness (QED) is 0.624. The first-order valence-corrected chi connectivity index (χ1v) is 8.73. The van der Waals surface area contributed by atoms with Crippen molar-refractivity contribution in [2.75, 3.05) is 18.1 Å². The summed E-state index contributed by atoms with van der Waals surface area (Å²) < 4.78 is 11.0. The molecule has 1 atom stereocenters. The predicted octanol–water partition coefficient (Wildman–Crippen LogP) is 3.56. The van der Waals surface area contributed by atoms with Crippen LogP contribution in [0.5, 0.6) is 5.75 Å². The van der Waals surface area contributed by atoms with Crippen molar-refractivity contribution in [1.29, 1.82) is 0 Å². The van der Waals surface area contributed by atoms with Crippen LogP contribution in [-0.4, -0.2) is 31.1 Å². The molecule has 134 valence electrons. The zero-order valence-corrected chi connectivity index (χ0v) is 15.1. The topological polar surface area (TPSA) is 59.1 Å². The Hall–Kier alpha value is -2.66. The number of carbonyl (C=O) groups excluding carboxylic acids is 2. The number of para-hydroxylation sites is 2. The molecule has 2 heterocycles. The zero-order valence-electron chi connectivity index (χ0n) is 15.1. The largest absolute Gasteiger partial charge is 0.489 e. The summed E-state index contributed by atoms with van der Waals surface area (Å²) in [6.45, 7) is 7.21. The van der Waals surface area contributed by atoms with Crippen molar-refractivity contribution in [2.45, 2.75) is 32.3 Å². The van der Waals surface area contributed by atoms with Gasteiger partial charge in [-0.2, -0.15) is 0 Å². The van der Waals surface area contributed by atoms with Crippen molar-refractivity contribution in [3.63, 3.8) is 0 Å². The number of carbonyl (C=O) groups is 2. The van der Waals surface area contributed by atoms with Gasteiger partial charge in [0, 0.05) is 0 Å². The van der Waals surface area contributed by atoms with Gasteiger partial charge in [0.2, 0.25) is 0 Å². The fraction of sp³-hybridized carbons (Fsp3) is 0.333. The number of anilines is 1. The normalized spacial score (nSPS) is 18.9. The van der Waals surface area contributed by atoms with Crippen LogP contribution in [0.3, 0.4) is 0 Å². The molecule has 2 aromatic rings. The third-order valence-electron chi connectivity index (χ3n) is 4.66. The molecule has 0 bridgehead atoms. The Balaban J connectivity index is 1.75. The number of benzene rings is 2. The van der Waals surface area contributed by atoms with E-state index in [2.05, 4.69) is 0 Å². The maximum Gasteiger partial charge on any atom is 0.266 e. The molecular formula is C21H21NO4. The van der Waals surface area contributed by atoms with Crippen LogP contribution in [0.2, 0.25) is 0 Å². The number of ether oxygens (including phenoxy) is 2. The molecule has 2 aliphatic rings. The van der Waals surface area contributed by atoms with Gasteiger partial charge in [0.1, 0.15) is 18.5 Å². The smallest absolute Gasteiger partial charge is 0.266 e. The number of fused-ring (bicyclic) bond motifs is 1. The minimum absolute atomic E-state index is 0.0951. The van der Waals surface area contributed by atoms with E-state index < -0.39 is 0 Å². The van der Waals surface area contributed by atoms with Crippen molar-refractivity contribution in [1.82, 2.24) is 0 Å². The van der Waals surface area contributed by atoms with Crippen LogP contribution in [0.15, 0.2) is 42.5 Å². The molecule has 1 saturated heterocycles. The third kappa shape index (κ3) is 2.78. The van der Waals surface area contributed by atoms with Crippen LogP contribution < -0.4 is 9.64 Å². The molecule has 1 fully saturated rings. The Morgan fingerprint density at radius 2 is 1.81 bits per heavy atom. The van der Waals surface area contributed by atoms with Crippen LogP contribution >= 0.6 is 0 Å². The average Bonchev–Trinajstić information content (AvgIpc) is 3.40. The lowest BCUT2D eigenvalue weighted by atomic mass is 9.82. The number of rotatable bonds is 4. The van der Waals surface area contributed by atoms with Gasteiger partial charge < -0.3 is 9.47 Å². The molecule has 0 aliphatic carbocycles. The molecule has 0 aromatic heterocycles. The molecule has 4 rings (SSSR count). The summed E-state index contributed by atoms with van der Waals surface area (Å²) in [5, 5.41) is 0. The van der Waals surface area contributed by atoms with Crippen LogP contribution in [-0.2, 0) is 10.2 Å². The standard InChI is InChI=1S/C21H21NO4/c1-21(2,3)15-8-6-7-14-18(15)20(24)22(19(14)23)16-9-4-5-10-17(16)26-12-13-11-25-13/h4-10,13H,11-12H2,1-3H3. The molecule has 2 aliphatic heterocycles. The second-order valence-electron chi connectivity index (χ2n) is 7.66.